The molecule has 114 valence electrons. The van der Waals surface area contributed by atoms with E-state index in [1.54, 1.807) is 25.8 Å². The first-order valence-electron chi connectivity index (χ1n) is 6.27. The highest BCUT2D eigenvalue weighted by molar-refractivity contribution is 5.92. The summed E-state index contributed by atoms with van der Waals surface area (Å²) in [4.78, 5) is 38.1. The molecule has 0 aromatic rings. The number of carbonyl (C=O) groups excluding carboxylic acids is 2. The molecule has 3 amide bonds. The molecule has 1 fully saturated rings. The van der Waals surface area contributed by atoms with Crippen LogP contribution < -0.4 is 5.32 Å². The number of amides is 3. The first kappa shape index (κ1) is 16.2. The number of carboxylic acid groups (broad SMARTS) is 1. The molecule has 0 aromatic carbocycles. The average Bonchev–Trinajstić information content (AvgIpc) is 2.35. The third kappa shape index (κ3) is 3.19. The molecular weight excluding hydrogens is 266 g/mol. The molecule has 1 heterocycles. The Kier molecular flexibility index (Phi) is 4.93. The fourth-order valence-electron chi connectivity index (χ4n) is 2.14. The zero-order chi connectivity index (χ0) is 15.5. The number of carbonyl (C=O) groups is 3. The summed E-state index contributed by atoms with van der Waals surface area (Å²) in [6.07, 6.45) is 0. The van der Waals surface area contributed by atoms with Crippen molar-refractivity contribution in [2.75, 3.05) is 33.9 Å². The first-order valence-corrected chi connectivity index (χ1v) is 6.27. The van der Waals surface area contributed by atoms with Crippen molar-refractivity contribution < 1.29 is 24.2 Å². The molecule has 1 aliphatic rings. The lowest BCUT2D eigenvalue weighted by Crippen LogP contribution is -2.66. The van der Waals surface area contributed by atoms with E-state index in [9.17, 15) is 14.4 Å². The summed E-state index contributed by atoms with van der Waals surface area (Å²) in [7, 11) is 3.02. The van der Waals surface area contributed by atoms with Gasteiger partial charge in [-0.3, -0.25) is 4.79 Å². The monoisotopic (exact) mass is 287 g/mol. The van der Waals surface area contributed by atoms with Crippen LogP contribution in [0.4, 0.5) is 4.79 Å². The fraction of sp³-hybridized carbons (Fsp3) is 0.750. The van der Waals surface area contributed by atoms with Crippen LogP contribution in [0.2, 0.25) is 0 Å². The van der Waals surface area contributed by atoms with Crippen molar-refractivity contribution in [2.24, 2.45) is 0 Å². The van der Waals surface area contributed by atoms with Crippen LogP contribution in [0.3, 0.4) is 0 Å². The van der Waals surface area contributed by atoms with Gasteiger partial charge in [0.2, 0.25) is 5.91 Å². The van der Waals surface area contributed by atoms with E-state index in [-0.39, 0.29) is 12.5 Å². The molecule has 1 aliphatic heterocycles. The minimum atomic E-state index is -1.18. The Morgan fingerprint density at radius 2 is 2.05 bits per heavy atom. The molecule has 1 atom stereocenters. The Labute approximate surface area is 117 Å². The molecule has 0 radical (unpaired) electrons. The van der Waals surface area contributed by atoms with Gasteiger partial charge in [-0.05, 0) is 13.8 Å². The second-order valence-electron chi connectivity index (χ2n) is 5.23. The lowest BCUT2D eigenvalue weighted by molar-refractivity contribution is -0.144. The molecule has 20 heavy (non-hydrogen) atoms. The highest BCUT2D eigenvalue weighted by atomic mass is 16.5. The summed E-state index contributed by atoms with van der Waals surface area (Å²) in [6, 6.07) is -1.72. The van der Waals surface area contributed by atoms with Gasteiger partial charge in [0.15, 0.2) is 6.04 Å². The quantitative estimate of drug-likeness (QED) is 0.715. The van der Waals surface area contributed by atoms with E-state index in [0.717, 1.165) is 0 Å². The molecule has 8 heteroatoms. The Balaban J connectivity index is 2.81. The van der Waals surface area contributed by atoms with E-state index in [1.165, 1.54) is 12.0 Å². The van der Waals surface area contributed by atoms with Gasteiger partial charge in [-0.15, -0.1) is 0 Å². The van der Waals surface area contributed by atoms with Crippen LogP contribution in [0.5, 0.6) is 0 Å². The van der Waals surface area contributed by atoms with Gasteiger partial charge in [-0.25, -0.2) is 9.59 Å². The number of piperazine rings is 1. The fourth-order valence-corrected chi connectivity index (χ4v) is 2.14. The van der Waals surface area contributed by atoms with E-state index in [1.807, 2.05) is 0 Å². The maximum atomic E-state index is 12.2. The van der Waals surface area contributed by atoms with Gasteiger partial charge >= 0.3 is 12.0 Å². The Hall–Kier alpha value is -1.83. The summed E-state index contributed by atoms with van der Waals surface area (Å²) in [5.74, 6) is -1.36. The van der Waals surface area contributed by atoms with Gasteiger partial charge in [-0.1, -0.05) is 0 Å². The Morgan fingerprint density at radius 3 is 2.55 bits per heavy atom. The number of hydrogen-bond acceptors (Lipinski definition) is 4. The van der Waals surface area contributed by atoms with Crippen molar-refractivity contribution in [1.29, 1.82) is 0 Å². The Bertz CT molecular complexity index is 410. The third-order valence-corrected chi connectivity index (χ3v) is 3.38. The topological polar surface area (TPSA) is 99.2 Å². The van der Waals surface area contributed by atoms with Crippen molar-refractivity contribution in [1.82, 2.24) is 15.1 Å². The number of rotatable bonds is 4. The second-order valence-corrected chi connectivity index (χ2v) is 5.23. The van der Waals surface area contributed by atoms with Crippen LogP contribution in [0.1, 0.15) is 13.8 Å². The predicted octanol–water partition coefficient (Wildman–Crippen LogP) is -0.652. The lowest BCUT2D eigenvalue weighted by atomic mass is 9.98. The summed E-state index contributed by atoms with van der Waals surface area (Å²) < 4.78 is 4.75. The molecule has 0 saturated carbocycles. The minimum absolute atomic E-state index is 0.136. The van der Waals surface area contributed by atoms with Crippen molar-refractivity contribution in [3.05, 3.63) is 0 Å². The molecular formula is C12H21N3O5. The van der Waals surface area contributed by atoms with Crippen LogP contribution >= 0.6 is 0 Å². The number of aliphatic carboxylic acids is 1. The standard InChI is InChI=1S/C12H21N3O5/c1-12(2)10(18)14(3)5-6-15(12)11(19)13-8(7-20-4)9(16)17/h8H,5-7H2,1-4H3,(H,13,19)(H,16,17). The van der Waals surface area contributed by atoms with E-state index in [2.05, 4.69) is 5.32 Å². The maximum Gasteiger partial charge on any atom is 0.328 e. The zero-order valence-electron chi connectivity index (χ0n) is 12.2. The summed E-state index contributed by atoms with van der Waals surface area (Å²) in [6.45, 7) is 3.90. The first-order chi connectivity index (χ1) is 9.21. The van der Waals surface area contributed by atoms with E-state index in [4.69, 9.17) is 9.84 Å². The van der Waals surface area contributed by atoms with E-state index < -0.39 is 23.6 Å². The van der Waals surface area contributed by atoms with Crippen molar-refractivity contribution in [2.45, 2.75) is 25.4 Å². The molecule has 1 saturated heterocycles. The van der Waals surface area contributed by atoms with Gasteiger partial charge in [0.25, 0.3) is 0 Å². The zero-order valence-corrected chi connectivity index (χ0v) is 12.2. The number of urea groups is 1. The average molecular weight is 287 g/mol. The number of carboxylic acids is 1. The Morgan fingerprint density at radius 1 is 1.45 bits per heavy atom. The van der Waals surface area contributed by atoms with Crippen LogP contribution in [0, 0.1) is 0 Å². The summed E-state index contributed by atoms with van der Waals surface area (Å²) in [5, 5.41) is 11.4. The molecule has 0 spiro atoms. The van der Waals surface area contributed by atoms with Gasteiger partial charge in [0, 0.05) is 27.2 Å². The highest BCUT2D eigenvalue weighted by Gasteiger charge is 2.43. The number of nitrogens with zero attached hydrogens (tertiary/aromatic N) is 2. The molecule has 2 N–H and O–H groups in total. The number of ether oxygens (including phenoxy) is 1. The second kappa shape index (κ2) is 6.08. The highest BCUT2D eigenvalue weighted by Crippen LogP contribution is 2.21. The molecule has 0 bridgehead atoms. The summed E-state index contributed by atoms with van der Waals surface area (Å²) in [5.41, 5.74) is -1.01. The van der Waals surface area contributed by atoms with Gasteiger partial charge < -0.3 is 25.0 Å². The van der Waals surface area contributed by atoms with Gasteiger partial charge in [0.05, 0.1) is 6.61 Å². The van der Waals surface area contributed by atoms with Crippen LogP contribution in [0.15, 0.2) is 0 Å². The molecule has 8 nitrogen and oxygen atoms in total. The van der Waals surface area contributed by atoms with Gasteiger partial charge in [0.1, 0.15) is 5.54 Å². The van der Waals surface area contributed by atoms with Crippen LogP contribution in [-0.4, -0.2) is 78.2 Å². The van der Waals surface area contributed by atoms with Crippen LogP contribution in [0.25, 0.3) is 0 Å². The van der Waals surface area contributed by atoms with Gasteiger partial charge in [-0.2, -0.15) is 0 Å². The van der Waals surface area contributed by atoms with Crippen molar-refractivity contribution in [3.8, 4) is 0 Å². The minimum Gasteiger partial charge on any atom is -0.480 e. The SMILES string of the molecule is COCC(NC(=O)N1CCN(C)C(=O)C1(C)C)C(=O)O. The number of methoxy groups -OCH3 is 1. The molecule has 1 rings (SSSR count). The molecule has 0 aliphatic carbocycles. The lowest BCUT2D eigenvalue weighted by Gasteiger charge is -2.44. The van der Waals surface area contributed by atoms with E-state index in [0.29, 0.717) is 13.1 Å². The normalized spacial score (nSPS) is 19.7. The van der Waals surface area contributed by atoms with Crippen LogP contribution in [-0.2, 0) is 14.3 Å². The third-order valence-electron chi connectivity index (χ3n) is 3.38. The summed E-state index contributed by atoms with van der Waals surface area (Å²) >= 11 is 0. The molecule has 1 unspecified atom stereocenters. The number of nitrogens with one attached hydrogen (secondary N) is 1. The van der Waals surface area contributed by atoms with Crippen molar-refractivity contribution >= 4 is 17.9 Å². The number of likely N-dealkylation sites (N-methyl/N-ethyl adjacent to an activating group) is 1. The smallest absolute Gasteiger partial charge is 0.328 e. The predicted molar refractivity (Wildman–Crippen MR) is 70.3 cm³/mol. The molecule has 0 aromatic heterocycles. The van der Waals surface area contributed by atoms with Crippen molar-refractivity contribution in [3.63, 3.8) is 0 Å². The number of hydrogen-bond donors (Lipinski definition) is 2. The maximum absolute atomic E-state index is 12.2. The largest absolute Gasteiger partial charge is 0.480 e. The van der Waals surface area contributed by atoms with E-state index >= 15 is 0 Å².